The zero-order chi connectivity index (χ0) is 15.6. The van der Waals surface area contributed by atoms with Crippen molar-refractivity contribution in [1.29, 1.82) is 0 Å². The van der Waals surface area contributed by atoms with Crippen molar-refractivity contribution in [1.82, 2.24) is 4.90 Å². The summed E-state index contributed by atoms with van der Waals surface area (Å²) in [4.78, 5) is 26.0. The van der Waals surface area contributed by atoms with Gasteiger partial charge in [-0.3, -0.25) is 14.5 Å². The first-order valence-electron chi connectivity index (χ1n) is 7.16. The Kier molecular flexibility index (Phi) is 4.75. The smallest absolute Gasteiger partial charge is 0.237 e. The molecule has 1 aliphatic rings. The van der Waals surface area contributed by atoms with Crippen LogP contribution < -0.4 is 5.73 Å². The van der Waals surface area contributed by atoms with Gasteiger partial charge in [0, 0.05) is 12.1 Å². The molecule has 0 aliphatic carbocycles. The number of ketones is 1. The van der Waals surface area contributed by atoms with E-state index in [1.165, 1.54) is 0 Å². The summed E-state index contributed by atoms with van der Waals surface area (Å²) in [5.74, 6) is -0.444. The van der Waals surface area contributed by atoms with E-state index in [2.05, 4.69) is 0 Å². The molecule has 114 valence electrons. The Bertz CT molecular complexity index is 556. The van der Waals surface area contributed by atoms with Crippen LogP contribution in [0, 0.1) is 13.8 Å². The van der Waals surface area contributed by atoms with Crippen molar-refractivity contribution in [2.45, 2.75) is 32.9 Å². The van der Waals surface area contributed by atoms with E-state index in [4.69, 9.17) is 10.5 Å². The molecule has 0 bridgehead atoms. The Balaban J connectivity index is 2.20. The van der Waals surface area contributed by atoms with Crippen LogP contribution in [0.15, 0.2) is 18.2 Å². The van der Waals surface area contributed by atoms with Crippen molar-refractivity contribution in [3.8, 4) is 0 Å². The first kappa shape index (κ1) is 15.7. The molecule has 1 aromatic rings. The van der Waals surface area contributed by atoms with E-state index < -0.39 is 18.0 Å². The lowest BCUT2D eigenvalue weighted by Crippen LogP contribution is -2.57. The number of benzene rings is 1. The van der Waals surface area contributed by atoms with E-state index in [1.807, 2.05) is 43.9 Å². The SMILES string of the molecule is Cc1ccc(C(=O)C(C)N2CCOCC2C(N)=O)cc1C. The lowest BCUT2D eigenvalue weighted by atomic mass is 9.98. The molecule has 2 rings (SSSR count). The van der Waals surface area contributed by atoms with E-state index >= 15 is 0 Å². The second-order valence-corrected chi connectivity index (χ2v) is 5.57. The number of Topliss-reactive ketones (excluding diaryl/α,β-unsaturated/α-hetero) is 1. The Morgan fingerprint density at radius 1 is 1.33 bits per heavy atom. The summed E-state index contributed by atoms with van der Waals surface area (Å²) in [6, 6.07) is 4.74. The van der Waals surface area contributed by atoms with Crippen LogP contribution in [0.3, 0.4) is 0 Å². The lowest BCUT2D eigenvalue weighted by molar-refractivity contribution is -0.130. The lowest BCUT2D eigenvalue weighted by Gasteiger charge is -2.37. The van der Waals surface area contributed by atoms with Gasteiger partial charge in [0.1, 0.15) is 6.04 Å². The summed E-state index contributed by atoms with van der Waals surface area (Å²) in [5.41, 5.74) is 8.31. The molecule has 2 N–H and O–H groups in total. The first-order valence-corrected chi connectivity index (χ1v) is 7.16. The number of morpholine rings is 1. The molecule has 1 aromatic carbocycles. The van der Waals surface area contributed by atoms with Crippen LogP contribution in [-0.4, -0.2) is 48.4 Å². The maximum atomic E-state index is 12.6. The van der Waals surface area contributed by atoms with Crippen LogP contribution in [0.2, 0.25) is 0 Å². The van der Waals surface area contributed by atoms with Crippen LogP contribution in [0.1, 0.15) is 28.4 Å². The summed E-state index contributed by atoms with van der Waals surface area (Å²) >= 11 is 0. The van der Waals surface area contributed by atoms with Gasteiger partial charge in [-0.2, -0.15) is 0 Å². The van der Waals surface area contributed by atoms with Crippen LogP contribution in [0.4, 0.5) is 0 Å². The topological polar surface area (TPSA) is 72.6 Å². The summed E-state index contributed by atoms with van der Waals surface area (Å²) in [7, 11) is 0. The van der Waals surface area contributed by atoms with Crippen molar-refractivity contribution in [2.75, 3.05) is 19.8 Å². The predicted molar refractivity (Wildman–Crippen MR) is 80.2 cm³/mol. The monoisotopic (exact) mass is 290 g/mol. The predicted octanol–water partition coefficient (Wildman–Crippen LogP) is 1.06. The zero-order valence-corrected chi connectivity index (χ0v) is 12.8. The molecular weight excluding hydrogens is 268 g/mol. The first-order chi connectivity index (χ1) is 9.91. The van der Waals surface area contributed by atoms with E-state index in [1.54, 1.807) is 0 Å². The van der Waals surface area contributed by atoms with Gasteiger partial charge in [-0.15, -0.1) is 0 Å². The average molecular weight is 290 g/mol. The minimum Gasteiger partial charge on any atom is -0.378 e. The molecule has 2 atom stereocenters. The van der Waals surface area contributed by atoms with Gasteiger partial charge in [-0.05, 0) is 38.0 Å². The van der Waals surface area contributed by atoms with Gasteiger partial charge in [-0.1, -0.05) is 12.1 Å². The van der Waals surface area contributed by atoms with Crippen molar-refractivity contribution < 1.29 is 14.3 Å². The number of rotatable bonds is 4. The summed E-state index contributed by atoms with van der Waals surface area (Å²) in [6.07, 6.45) is 0. The number of amides is 1. The third-order valence-corrected chi connectivity index (χ3v) is 4.17. The molecule has 1 amide bonds. The van der Waals surface area contributed by atoms with Crippen molar-refractivity contribution in [3.63, 3.8) is 0 Å². The summed E-state index contributed by atoms with van der Waals surface area (Å²) in [6.45, 7) is 7.11. The normalized spacial score (nSPS) is 21.0. The summed E-state index contributed by atoms with van der Waals surface area (Å²) in [5, 5.41) is 0. The zero-order valence-electron chi connectivity index (χ0n) is 12.8. The molecule has 0 spiro atoms. The molecule has 1 aliphatic heterocycles. The largest absolute Gasteiger partial charge is 0.378 e. The number of ether oxygens (including phenoxy) is 1. The van der Waals surface area contributed by atoms with Gasteiger partial charge in [-0.25, -0.2) is 0 Å². The second kappa shape index (κ2) is 6.37. The number of hydrogen-bond acceptors (Lipinski definition) is 4. The standard InChI is InChI=1S/C16H22N2O3/c1-10-4-5-13(8-11(10)2)15(19)12(3)18-6-7-21-9-14(18)16(17)20/h4-5,8,12,14H,6-7,9H2,1-3H3,(H2,17,20). The van der Waals surface area contributed by atoms with E-state index in [0.29, 0.717) is 18.7 Å². The molecule has 1 fully saturated rings. The molecule has 21 heavy (non-hydrogen) atoms. The molecular formula is C16H22N2O3. The van der Waals surface area contributed by atoms with Crippen LogP contribution >= 0.6 is 0 Å². The van der Waals surface area contributed by atoms with Gasteiger partial charge in [0.25, 0.3) is 0 Å². The molecule has 0 saturated carbocycles. The number of nitrogens with two attached hydrogens (primary N) is 1. The van der Waals surface area contributed by atoms with Crippen molar-refractivity contribution in [2.24, 2.45) is 5.73 Å². The molecule has 0 radical (unpaired) electrons. The van der Waals surface area contributed by atoms with E-state index in [0.717, 1.165) is 11.1 Å². The molecule has 5 heteroatoms. The van der Waals surface area contributed by atoms with Gasteiger partial charge >= 0.3 is 0 Å². The molecule has 2 unspecified atom stereocenters. The van der Waals surface area contributed by atoms with Crippen molar-refractivity contribution in [3.05, 3.63) is 34.9 Å². The van der Waals surface area contributed by atoms with Gasteiger partial charge in [0.05, 0.1) is 19.3 Å². The fraction of sp³-hybridized carbons (Fsp3) is 0.500. The highest BCUT2D eigenvalue weighted by Gasteiger charge is 2.34. The summed E-state index contributed by atoms with van der Waals surface area (Å²) < 4.78 is 5.29. The Morgan fingerprint density at radius 3 is 2.67 bits per heavy atom. The average Bonchev–Trinajstić information content (AvgIpc) is 2.48. The number of carbonyl (C=O) groups is 2. The van der Waals surface area contributed by atoms with E-state index in [-0.39, 0.29) is 12.4 Å². The minimum atomic E-state index is -0.538. The Hall–Kier alpha value is -1.72. The fourth-order valence-electron chi connectivity index (χ4n) is 2.61. The fourth-order valence-corrected chi connectivity index (χ4v) is 2.61. The molecule has 1 heterocycles. The number of primary amides is 1. The highest BCUT2D eigenvalue weighted by Crippen LogP contribution is 2.17. The molecule has 0 aromatic heterocycles. The Labute approximate surface area is 125 Å². The number of aryl methyl sites for hydroxylation is 2. The Morgan fingerprint density at radius 2 is 2.05 bits per heavy atom. The maximum absolute atomic E-state index is 12.6. The number of hydrogen-bond donors (Lipinski definition) is 1. The van der Waals surface area contributed by atoms with E-state index in [9.17, 15) is 9.59 Å². The quantitative estimate of drug-likeness (QED) is 0.842. The van der Waals surface area contributed by atoms with Crippen molar-refractivity contribution >= 4 is 11.7 Å². The second-order valence-electron chi connectivity index (χ2n) is 5.57. The van der Waals surface area contributed by atoms with Crippen LogP contribution in [0.5, 0.6) is 0 Å². The van der Waals surface area contributed by atoms with Crippen LogP contribution in [0.25, 0.3) is 0 Å². The number of nitrogens with zero attached hydrogens (tertiary/aromatic N) is 1. The highest BCUT2D eigenvalue weighted by atomic mass is 16.5. The third-order valence-electron chi connectivity index (χ3n) is 4.17. The molecule has 1 saturated heterocycles. The van der Waals surface area contributed by atoms with Gasteiger partial charge in [0.15, 0.2) is 5.78 Å². The third kappa shape index (κ3) is 3.31. The van der Waals surface area contributed by atoms with Gasteiger partial charge in [0.2, 0.25) is 5.91 Å². The van der Waals surface area contributed by atoms with Crippen LogP contribution in [-0.2, 0) is 9.53 Å². The highest BCUT2D eigenvalue weighted by molar-refractivity contribution is 6.00. The molecule has 5 nitrogen and oxygen atoms in total. The maximum Gasteiger partial charge on any atom is 0.237 e. The minimum absolute atomic E-state index is 0.00579. The van der Waals surface area contributed by atoms with Gasteiger partial charge < -0.3 is 10.5 Å². The number of carbonyl (C=O) groups excluding carboxylic acids is 2.